The largest absolute Gasteiger partial charge is 0.379 e. The van der Waals surface area contributed by atoms with Crippen LogP contribution in [0.15, 0.2) is 30.3 Å². The topological polar surface area (TPSA) is 84.1 Å². The number of hydrogen-bond donors (Lipinski definition) is 1. The molecule has 138 valence electrons. The van der Waals surface area contributed by atoms with Gasteiger partial charge in [0.05, 0.1) is 18.7 Å². The van der Waals surface area contributed by atoms with Crippen LogP contribution in [0.4, 0.5) is 0 Å². The van der Waals surface area contributed by atoms with Gasteiger partial charge in [0, 0.05) is 24.4 Å². The minimum atomic E-state index is -1.30. The standard InChI is InChI=1S/C20H25N3O3/c1-14(2)26-10-6-9-22-20(25)17(12-21)19(24)13-23-15(3)11-16-7-4-5-8-18(16)23/h4-5,7-8,11,14,17H,6,9-10,13H2,1-3H3,(H,22,25). The van der Waals surface area contributed by atoms with E-state index in [1.807, 2.05) is 61.7 Å². The lowest BCUT2D eigenvalue weighted by molar-refractivity contribution is -0.132. The van der Waals surface area contributed by atoms with E-state index in [2.05, 4.69) is 5.32 Å². The molecule has 1 N–H and O–H groups in total. The molecule has 1 atom stereocenters. The summed E-state index contributed by atoms with van der Waals surface area (Å²) in [5, 5.41) is 13.0. The predicted molar refractivity (Wildman–Crippen MR) is 99.5 cm³/mol. The molecule has 0 saturated carbocycles. The first-order chi connectivity index (χ1) is 12.4. The van der Waals surface area contributed by atoms with Crippen LogP contribution >= 0.6 is 0 Å². The summed E-state index contributed by atoms with van der Waals surface area (Å²) in [6.45, 7) is 6.69. The fourth-order valence-electron chi connectivity index (χ4n) is 2.79. The average Bonchev–Trinajstić information content (AvgIpc) is 2.90. The van der Waals surface area contributed by atoms with Gasteiger partial charge >= 0.3 is 0 Å². The second-order valence-electron chi connectivity index (χ2n) is 6.52. The van der Waals surface area contributed by atoms with E-state index in [4.69, 9.17) is 4.74 Å². The lowest BCUT2D eigenvalue weighted by atomic mass is 10.0. The highest BCUT2D eigenvalue weighted by atomic mass is 16.5. The summed E-state index contributed by atoms with van der Waals surface area (Å²) in [5.41, 5.74) is 1.84. The zero-order valence-electron chi connectivity index (χ0n) is 15.5. The number of carbonyl (C=O) groups is 2. The van der Waals surface area contributed by atoms with Gasteiger partial charge in [-0.1, -0.05) is 18.2 Å². The van der Waals surface area contributed by atoms with Crippen molar-refractivity contribution in [2.24, 2.45) is 5.92 Å². The van der Waals surface area contributed by atoms with Crippen molar-refractivity contribution in [3.63, 3.8) is 0 Å². The van der Waals surface area contributed by atoms with Crippen molar-refractivity contribution in [3.8, 4) is 6.07 Å². The molecular formula is C20H25N3O3. The van der Waals surface area contributed by atoms with Gasteiger partial charge in [-0.2, -0.15) is 5.26 Å². The van der Waals surface area contributed by atoms with Crippen molar-refractivity contribution in [1.29, 1.82) is 5.26 Å². The van der Waals surface area contributed by atoms with Crippen LogP contribution in [0.3, 0.4) is 0 Å². The third-order valence-corrected chi connectivity index (χ3v) is 4.12. The van der Waals surface area contributed by atoms with E-state index in [1.165, 1.54) is 0 Å². The molecule has 1 heterocycles. The number of ether oxygens (including phenoxy) is 1. The molecule has 26 heavy (non-hydrogen) atoms. The Hall–Kier alpha value is -2.65. The van der Waals surface area contributed by atoms with Crippen LogP contribution in [0.25, 0.3) is 10.9 Å². The molecule has 0 bridgehead atoms. The van der Waals surface area contributed by atoms with E-state index in [-0.39, 0.29) is 12.6 Å². The summed E-state index contributed by atoms with van der Waals surface area (Å²) in [5.74, 6) is -2.26. The van der Waals surface area contributed by atoms with Crippen LogP contribution in [0.1, 0.15) is 26.0 Å². The van der Waals surface area contributed by atoms with Crippen LogP contribution in [-0.2, 0) is 20.9 Å². The highest BCUT2D eigenvalue weighted by Crippen LogP contribution is 2.19. The highest BCUT2D eigenvalue weighted by molar-refractivity contribution is 6.04. The van der Waals surface area contributed by atoms with Gasteiger partial charge in [0.2, 0.25) is 5.91 Å². The number of rotatable bonds is 9. The minimum absolute atomic E-state index is 0.00144. The predicted octanol–water partition coefficient (Wildman–Crippen LogP) is 2.59. The Bertz CT molecular complexity index is 817. The summed E-state index contributed by atoms with van der Waals surface area (Å²) in [6, 6.07) is 11.5. The number of aromatic nitrogens is 1. The van der Waals surface area contributed by atoms with Gasteiger partial charge in [0.15, 0.2) is 11.7 Å². The average molecular weight is 355 g/mol. The Labute approximate surface area is 153 Å². The number of aryl methyl sites for hydroxylation is 1. The number of fused-ring (bicyclic) bond motifs is 1. The van der Waals surface area contributed by atoms with Crippen LogP contribution < -0.4 is 5.32 Å². The van der Waals surface area contributed by atoms with Gasteiger partial charge in [-0.3, -0.25) is 9.59 Å². The maximum Gasteiger partial charge on any atom is 0.245 e. The summed E-state index contributed by atoms with van der Waals surface area (Å²) in [6.07, 6.45) is 0.774. The molecule has 2 aromatic rings. The molecule has 1 amide bonds. The first-order valence-corrected chi connectivity index (χ1v) is 8.80. The van der Waals surface area contributed by atoms with Crippen molar-refractivity contribution in [3.05, 3.63) is 36.0 Å². The number of nitrogens with one attached hydrogen (secondary N) is 1. The molecule has 0 saturated heterocycles. The number of amides is 1. The molecule has 0 fully saturated rings. The Kier molecular flexibility index (Phi) is 6.93. The van der Waals surface area contributed by atoms with Gasteiger partial charge < -0.3 is 14.6 Å². The smallest absolute Gasteiger partial charge is 0.245 e. The number of Topliss-reactive ketones (excluding diaryl/α,β-unsaturated/α-hetero) is 1. The number of carbonyl (C=O) groups excluding carboxylic acids is 2. The normalized spacial score (nSPS) is 12.1. The minimum Gasteiger partial charge on any atom is -0.379 e. The summed E-state index contributed by atoms with van der Waals surface area (Å²) in [7, 11) is 0. The Morgan fingerprint density at radius 2 is 2.04 bits per heavy atom. The summed E-state index contributed by atoms with van der Waals surface area (Å²) in [4.78, 5) is 24.7. The quantitative estimate of drug-likeness (QED) is 0.553. The van der Waals surface area contributed by atoms with Gasteiger partial charge in [0.1, 0.15) is 0 Å². The van der Waals surface area contributed by atoms with Gasteiger partial charge in [-0.15, -0.1) is 0 Å². The van der Waals surface area contributed by atoms with E-state index in [0.29, 0.717) is 19.6 Å². The number of ketones is 1. The van der Waals surface area contributed by atoms with Gasteiger partial charge in [0.25, 0.3) is 0 Å². The fraction of sp³-hybridized carbons (Fsp3) is 0.450. The molecule has 0 spiro atoms. The Morgan fingerprint density at radius 3 is 2.73 bits per heavy atom. The molecule has 1 aromatic heterocycles. The first-order valence-electron chi connectivity index (χ1n) is 8.80. The molecule has 2 rings (SSSR count). The van der Waals surface area contributed by atoms with Crippen molar-refractivity contribution in [1.82, 2.24) is 9.88 Å². The third kappa shape index (κ3) is 4.93. The molecule has 0 aliphatic heterocycles. The molecule has 0 aliphatic carbocycles. The number of benzene rings is 1. The van der Waals surface area contributed by atoms with E-state index in [9.17, 15) is 14.9 Å². The third-order valence-electron chi connectivity index (χ3n) is 4.12. The molecule has 0 radical (unpaired) electrons. The first kappa shape index (κ1) is 19.7. The fourth-order valence-corrected chi connectivity index (χ4v) is 2.79. The van der Waals surface area contributed by atoms with Crippen LogP contribution in [0, 0.1) is 24.2 Å². The van der Waals surface area contributed by atoms with Crippen LogP contribution in [0.2, 0.25) is 0 Å². The van der Waals surface area contributed by atoms with E-state index in [0.717, 1.165) is 16.6 Å². The molecular weight excluding hydrogens is 330 g/mol. The zero-order chi connectivity index (χ0) is 19.1. The van der Waals surface area contributed by atoms with Crippen molar-refractivity contribution < 1.29 is 14.3 Å². The Morgan fingerprint density at radius 1 is 1.31 bits per heavy atom. The highest BCUT2D eigenvalue weighted by Gasteiger charge is 2.26. The zero-order valence-corrected chi connectivity index (χ0v) is 15.5. The number of hydrogen-bond acceptors (Lipinski definition) is 4. The second kappa shape index (κ2) is 9.16. The maximum atomic E-state index is 12.5. The maximum absolute atomic E-state index is 12.5. The number of para-hydroxylation sites is 1. The second-order valence-corrected chi connectivity index (χ2v) is 6.52. The van der Waals surface area contributed by atoms with Gasteiger partial charge in [-0.05, 0) is 44.7 Å². The van der Waals surface area contributed by atoms with Crippen molar-refractivity contribution in [2.75, 3.05) is 13.2 Å². The van der Waals surface area contributed by atoms with E-state index >= 15 is 0 Å². The van der Waals surface area contributed by atoms with E-state index in [1.54, 1.807) is 0 Å². The molecule has 1 aromatic carbocycles. The summed E-state index contributed by atoms with van der Waals surface area (Å²) < 4.78 is 7.23. The Balaban J connectivity index is 1.96. The summed E-state index contributed by atoms with van der Waals surface area (Å²) >= 11 is 0. The monoisotopic (exact) mass is 355 g/mol. The van der Waals surface area contributed by atoms with Crippen molar-refractivity contribution >= 4 is 22.6 Å². The molecule has 0 aliphatic rings. The van der Waals surface area contributed by atoms with Crippen LogP contribution in [-0.4, -0.2) is 35.5 Å². The molecule has 1 unspecified atom stereocenters. The lowest BCUT2D eigenvalue weighted by Crippen LogP contribution is -2.37. The van der Waals surface area contributed by atoms with Gasteiger partial charge in [-0.25, -0.2) is 0 Å². The molecule has 6 nitrogen and oxygen atoms in total. The lowest BCUT2D eigenvalue weighted by Gasteiger charge is -2.12. The van der Waals surface area contributed by atoms with E-state index < -0.39 is 17.6 Å². The SMILES string of the molecule is Cc1cc2ccccc2n1CC(=O)C(C#N)C(=O)NCCCOC(C)C. The number of nitrogens with zero attached hydrogens (tertiary/aromatic N) is 2. The van der Waals surface area contributed by atoms with Crippen LogP contribution in [0.5, 0.6) is 0 Å². The number of nitriles is 1. The molecule has 6 heteroatoms. The van der Waals surface area contributed by atoms with Crippen molar-refractivity contribution in [2.45, 2.75) is 39.8 Å².